The zero-order valence-electron chi connectivity index (χ0n) is 12.2. The van der Waals surface area contributed by atoms with Crippen molar-refractivity contribution >= 4 is 5.65 Å². The summed E-state index contributed by atoms with van der Waals surface area (Å²) in [6.07, 6.45) is 4.98. The molecule has 0 saturated heterocycles. The van der Waals surface area contributed by atoms with Crippen molar-refractivity contribution in [3.63, 3.8) is 0 Å². The smallest absolute Gasteiger partial charge is 0.137 e. The first-order chi connectivity index (χ1) is 8.94. The van der Waals surface area contributed by atoms with Crippen molar-refractivity contribution in [2.45, 2.75) is 39.7 Å². The Kier molecular flexibility index (Phi) is 4.10. The van der Waals surface area contributed by atoms with Gasteiger partial charge in [0.1, 0.15) is 11.4 Å². The molecule has 0 amide bonds. The van der Waals surface area contributed by atoms with Gasteiger partial charge in [-0.25, -0.2) is 4.98 Å². The molecule has 4 heteroatoms. The summed E-state index contributed by atoms with van der Waals surface area (Å²) >= 11 is 0. The van der Waals surface area contributed by atoms with Gasteiger partial charge in [-0.1, -0.05) is 0 Å². The summed E-state index contributed by atoms with van der Waals surface area (Å²) in [6, 6.07) is 3.95. The maximum atomic E-state index is 5.75. The average molecular weight is 261 g/mol. The van der Waals surface area contributed by atoms with Crippen LogP contribution in [0, 0.1) is 6.92 Å². The molecule has 0 radical (unpaired) electrons. The van der Waals surface area contributed by atoms with Crippen molar-refractivity contribution < 1.29 is 4.74 Å². The van der Waals surface area contributed by atoms with Gasteiger partial charge in [-0.15, -0.1) is 0 Å². The van der Waals surface area contributed by atoms with Crippen molar-refractivity contribution in [1.82, 2.24) is 14.7 Å². The lowest BCUT2D eigenvalue weighted by Gasteiger charge is -2.20. The van der Waals surface area contributed by atoms with Crippen LogP contribution in [-0.2, 0) is 0 Å². The average Bonchev–Trinajstić information content (AvgIpc) is 2.66. The maximum absolute atomic E-state index is 5.75. The quantitative estimate of drug-likeness (QED) is 0.841. The monoisotopic (exact) mass is 261 g/mol. The highest BCUT2D eigenvalue weighted by Gasteiger charge is 2.07. The summed E-state index contributed by atoms with van der Waals surface area (Å²) < 4.78 is 7.75. The molecule has 2 heterocycles. The number of fused-ring (bicyclic) bond motifs is 1. The first-order valence-electron chi connectivity index (χ1n) is 6.77. The van der Waals surface area contributed by atoms with E-state index in [9.17, 15) is 0 Å². The number of imidazole rings is 1. The third-order valence-corrected chi connectivity index (χ3v) is 2.79. The molecule has 0 spiro atoms. The Morgan fingerprint density at radius 3 is 2.79 bits per heavy atom. The van der Waals surface area contributed by atoms with Crippen LogP contribution in [0.1, 0.15) is 32.9 Å². The SMILES string of the molecule is Cc1cn2cc(OCCCNC(C)(C)C)ccc2n1. The first kappa shape index (κ1) is 13.9. The summed E-state index contributed by atoms with van der Waals surface area (Å²) in [5.41, 5.74) is 2.15. The number of nitrogens with zero attached hydrogens (tertiary/aromatic N) is 2. The minimum atomic E-state index is 0.174. The molecule has 19 heavy (non-hydrogen) atoms. The zero-order valence-corrected chi connectivity index (χ0v) is 12.2. The largest absolute Gasteiger partial charge is 0.492 e. The van der Waals surface area contributed by atoms with Crippen molar-refractivity contribution in [3.05, 3.63) is 30.2 Å². The summed E-state index contributed by atoms with van der Waals surface area (Å²) in [5, 5.41) is 3.45. The highest BCUT2D eigenvalue weighted by Crippen LogP contribution is 2.13. The topological polar surface area (TPSA) is 38.6 Å². The van der Waals surface area contributed by atoms with Gasteiger partial charge in [0.25, 0.3) is 0 Å². The van der Waals surface area contributed by atoms with Gasteiger partial charge in [-0.2, -0.15) is 0 Å². The second kappa shape index (κ2) is 5.61. The van der Waals surface area contributed by atoms with Gasteiger partial charge in [0.15, 0.2) is 0 Å². The van der Waals surface area contributed by atoms with Crippen LogP contribution in [0.2, 0.25) is 0 Å². The number of hydrogen-bond donors (Lipinski definition) is 1. The van der Waals surface area contributed by atoms with Crippen LogP contribution >= 0.6 is 0 Å². The van der Waals surface area contributed by atoms with Gasteiger partial charge in [0, 0.05) is 11.7 Å². The van der Waals surface area contributed by atoms with E-state index >= 15 is 0 Å². The number of nitrogens with one attached hydrogen (secondary N) is 1. The fourth-order valence-electron chi connectivity index (χ4n) is 1.91. The van der Waals surface area contributed by atoms with Crippen molar-refractivity contribution in [2.75, 3.05) is 13.2 Å². The number of ether oxygens (including phenoxy) is 1. The van der Waals surface area contributed by atoms with Crippen LogP contribution in [0.5, 0.6) is 5.75 Å². The lowest BCUT2D eigenvalue weighted by molar-refractivity contribution is 0.297. The third-order valence-electron chi connectivity index (χ3n) is 2.79. The molecule has 2 aromatic rings. The van der Waals surface area contributed by atoms with E-state index in [-0.39, 0.29) is 5.54 Å². The Hall–Kier alpha value is -1.55. The van der Waals surface area contributed by atoms with Crippen LogP contribution < -0.4 is 10.1 Å². The predicted octanol–water partition coefficient (Wildman–Crippen LogP) is 2.80. The Morgan fingerprint density at radius 1 is 1.26 bits per heavy atom. The standard InChI is InChI=1S/C15H23N3O/c1-12-10-18-11-13(6-7-14(18)17-12)19-9-5-8-16-15(2,3)4/h6-7,10-11,16H,5,8-9H2,1-4H3. The number of aromatic nitrogens is 2. The molecule has 1 N–H and O–H groups in total. The summed E-state index contributed by atoms with van der Waals surface area (Å²) in [7, 11) is 0. The van der Waals surface area contributed by atoms with E-state index in [1.165, 1.54) is 0 Å². The molecule has 0 bridgehead atoms. The fraction of sp³-hybridized carbons (Fsp3) is 0.533. The number of rotatable bonds is 5. The molecule has 104 valence electrons. The van der Waals surface area contributed by atoms with Crippen LogP contribution in [0.3, 0.4) is 0 Å². The number of aryl methyl sites for hydroxylation is 1. The van der Waals surface area contributed by atoms with E-state index in [4.69, 9.17) is 4.74 Å². The lowest BCUT2D eigenvalue weighted by Crippen LogP contribution is -2.36. The maximum Gasteiger partial charge on any atom is 0.137 e. The number of pyridine rings is 1. The summed E-state index contributed by atoms with van der Waals surface area (Å²) in [4.78, 5) is 4.39. The highest BCUT2D eigenvalue weighted by atomic mass is 16.5. The van der Waals surface area contributed by atoms with Crippen molar-refractivity contribution in [2.24, 2.45) is 0 Å². The van der Waals surface area contributed by atoms with Gasteiger partial charge in [-0.05, 0) is 52.8 Å². The molecular formula is C15H23N3O. The van der Waals surface area contributed by atoms with Crippen molar-refractivity contribution in [3.8, 4) is 5.75 Å². The van der Waals surface area contributed by atoms with Gasteiger partial charge >= 0.3 is 0 Å². The Bertz CT molecular complexity index is 540. The normalized spacial score (nSPS) is 12.0. The molecule has 2 aromatic heterocycles. The van der Waals surface area contributed by atoms with Gasteiger partial charge in [0.2, 0.25) is 0 Å². The van der Waals surface area contributed by atoms with Crippen LogP contribution in [0.25, 0.3) is 5.65 Å². The van der Waals surface area contributed by atoms with E-state index in [1.807, 2.05) is 35.9 Å². The Labute approximate surface area is 114 Å². The highest BCUT2D eigenvalue weighted by molar-refractivity contribution is 5.42. The van der Waals surface area contributed by atoms with Crippen LogP contribution in [-0.4, -0.2) is 28.1 Å². The minimum Gasteiger partial charge on any atom is -0.492 e. The zero-order chi connectivity index (χ0) is 13.9. The van der Waals surface area contributed by atoms with Crippen molar-refractivity contribution in [1.29, 1.82) is 0 Å². The van der Waals surface area contributed by atoms with E-state index < -0.39 is 0 Å². The van der Waals surface area contributed by atoms with Crippen LogP contribution in [0.15, 0.2) is 24.5 Å². The molecule has 0 fully saturated rings. The lowest BCUT2D eigenvalue weighted by atomic mass is 10.1. The van der Waals surface area contributed by atoms with E-state index in [2.05, 4.69) is 31.1 Å². The van der Waals surface area contributed by atoms with Gasteiger partial charge in [0.05, 0.1) is 18.5 Å². The fourth-order valence-corrected chi connectivity index (χ4v) is 1.91. The van der Waals surface area contributed by atoms with E-state index in [0.29, 0.717) is 0 Å². The molecule has 0 aliphatic rings. The van der Waals surface area contributed by atoms with Gasteiger partial charge in [-0.3, -0.25) is 0 Å². The molecule has 2 rings (SSSR count). The molecule has 0 atom stereocenters. The van der Waals surface area contributed by atoms with Crippen LogP contribution in [0.4, 0.5) is 0 Å². The first-order valence-corrected chi connectivity index (χ1v) is 6.77. The van der Waals surface area contributed by atoms with Gasteiger partial charge < -0.3 is 14.5 Å². The third kappa shape index (κ3) is 4.24. The van der Waals surface area contributed by atoms with E-state index in [0.717, 1.165) is 36.7 Å². The Balaban J connectivity index is 1.81. The summed E-state index contributed by atoms with van der Waals surface area (Å²) in [5.74, 6) is 0.889. The molecule has 0 aliphatic carbocycles. The Morgan fingerprint density at radius 2 is 2.05 bits per heavy atom. The molecule has 0 aliphatic heterocycles. The molecule has 0 saturated carbocycles. The number of hydrogen-bond acceptors (Lipinski definition) is 3. The summed E-state index contributed by atoms with van der Waals surface area (Å²) in [6.45, 7) is 10.2. The molecular weight excluding hydrogens is 238 g/mol. The molecule has 0 unspecified atom stereocenters. The second-order valence-corrected chi connectivity index (χ2v) is 5.89. The molecule has 0 aromatic carbocycles. The van der Waals surface area contributed by atoms with E-state index in [1.54, 1.807) is 0 Å². The minimum absolute atomic E-state index is 0.174. The molecule has 4 nitrogen and oxygen atoms in total. The predicted molar refractivity (Wildman–Crippen MR) is 77.8 cm³/mol. The second-order valence-electron chi connectivity index (χ2n) is 5.89.